The summed E-state index contributed by atoms with van der Waals surface area (Å²) in [5.74, 6) is 0.417. The third kappa shape index (κ3) is 4.49. The number of aromatic nitrogens is 4. The van der Waals surface area contributed by atoms with Crippen LogP contribution in [0.3, 0.4) is 0 Å². The Morgan fingerprint density at radius 1 is 1.00 bits per heavy atom. The van der Waals surface area contributed by atoms with Crippen molar-refractivity contribution < 1.29 is 22.6 Å². The highest BCUT2D eigenvalue weighted by Gasteiger charge is 2.37. The fraction of sp³-hybridized carbons (Fsp3) is 0.579. The molecule has 0 bridgehead atoms. The summed E-state index contributed by atoms with van der Waals surface area (Å²) in [6.07, 6.45) is -3.65. The number of morpholine rings is 2. The molecule has 2 fully saturated rings. The second-order valence-electron chi connectivity index (χ2n) is 7.63. The summed E-state index contributed by atoms with van der Waals surface area (Å²) >= 11 is 0. The normalized spacial score (nSPS) is 22.6. The Kier molecular flexibility index (Phi) is 5.84. The first-order valence-electron chi connectivity index (χ1n) is 10.0. The molecule has 168 valence electrons. The van der Waals surface area contributed by atoms with E-state index in [0.29, 0.717) is 51.3 Å². The van der Waals surface area contributed by atoms with E-state index >= 15 is 0 Å². The van der Waals surface area contributed by atoms with Crippen LogP contribution < -0.4 is 15.5 Å². The fourth-order valence-corrected chi connectivity index (χ4v) is 3.73. The summed E-state index contributed by atoms with van der Waals surface area (Å²) in [6, 6.07) is 1.53. The molecule has 0 radical (unpaired) electrons. The monoisotopic (exact) mass is 439 g/mol. The zero-order valence-electron chi connectivity index (χ0n) is 17.3. The number of alkyl halides is 3. The van der Waals surface area contributed by atoms with E-state index < -0.39 is 17.8 Å². The van der Waals surface area contributed by atoms with Gasteiger partial charge in [0, 0.05) is 30.9 Å². The van der Waals surface area contributed by atoms with Crippen LogP contribution in [-0.2, 0) is 15.7 Å². The first kappa shape index (κ1) is 21.5. The molecule has 0 amide bonds. The van der Waals surface area contributed by atoms with Gasteiger partial charge < -0.3 is 25.0 Å². The highest BCUT2D eigenvalue weighted by Crippen LogP contribution is 2.37. The van der Waals surface area contributed by atoms with Gasteiger partial charge in [0.25, 0.3) is 0 Å². The van der Waals surface area contributed by atoms with Gasteiger partial charge in [-0.3, -0.25) is 0 Å². The molecule has 4 rings (SSSR count). The van der Waals surface area contributed by atoms with E-state index in [2.05, 4.69) is 15.0 Å². The van der Waals surface area contributed by atoms with Crippen molar-refractivity contribution in [1.29, 1.82) is 0 Å². The van der Waals surface area contributed by atoms with E-state index in [-0.39, 0.29) is 23.3 Å². The second-order valence-corrected chi connectivity index (χ2v) is 7.63. The van der Waals surface area contributed by atoms with Gasteiger partial charge in [-0.15, -0.1) is 0 Å². The van der Waals surface area contributed by atoms with Crippen molar-refractivity contribution in [2.75, 3.05) is 55.1 Å². The molecule has 2 atom stereocenters. The van der Waals surface area contributed by atoms with Gasteiger partial charge in [-0.25, -0.2) is 15.0 Å². The number of nitrogen functional groups attached to an aromatic ring is 1. The summed E-state index contributed by atoms with van der Waals surface area (Å²) in [5.41, 5.74) is 4.15. The van der Waals surface area contributed by atoms with Gasteiger partial charge in [-0.1, -0.05) is 0 Å². The van der Waals surface area contributed by atoms with Crippen LogP contribution in [-0.4, -0.2) is 71.5 Å². The second kappa shape index (κ2) is 8.42. The molecule has 31 heavy (non-hydrogen) atoms. The van der Waals surface area contributed by atoms with Crippen LogP contribution in [0.1, 0.15) is 19.5 Å². The predicted molar refractivity (Wildman–Crippen MR) is 108 cm³/mol. The maximum atomic E-state index is 13.7. The smallest absolute Gasteiger partial charge is 0.377 e. The average Bonchev–Trinajstić information content (AvgIpc) is 2.73. The van der Waals surface area contributed by atoms with Crippen LogP contribution in [0, 0.1) is 0 Å². The molecule has 2 aromatic rings. The lowest BCUT2D eigenvalue weighted by Crippen LogP contribution is -2.46. The van der Waals surface area contributed by atoms with Gasteiger partial charge in [0.15, 0.2) is 5.69 Å². The topological polar surface area (TPSA) is 103 Å². The van der Waals surface area contributed by atoms with Crippen LogP contribution in [0.2, 0.25) is 0 Å². The van der Waals surface area contributed by atoms with Crippen LogP contribution in [0.4, 0.5) is 30.9 Å². The molecular formula is C19H24F3N7O2. The molecular weight excluding hydrogens is 415 g/mol. The molecule has 2 aliphatic heterocycles. The Morgan fingerprint density at radius 3 is 2.26 bits per heavy atom. The van der Waals surface area contributed by atoms with Crippen molar-refractivity contribution in [2.24, 2.45) is 0 Å². The molecule has 2 aliphatic rings. The highest BCUT2D eigenvalue weighted by molar-refractivity contribution is 5.68. The lowest BCUT2D eigenvalue weighted by molar-refractivity contribution is -0.140. The quantitative estimate of drug-likeness (QED) is 0.769. The Bertz CT molecular complexity index is 903. The number of hydrogen-bond acceptors (Lipinski definition) is 9. The van der Waals surface area contributed by atoms with Crippen molar-refractivity contribution >= 4 is 17.7 Å². The maximum absolute atomic E-state index is 13.7. The third-order valence-electron chi connectivity index (χ3n) is 5.34. The zero-order valence-corrected chi connectivity index (χ0v) is 17.3. The van der Waals surface area contributed by atoms with Gasteiger partial charge in [-0.05, 0) is 13.8 Å². The maximum Gasteiger partial charge on any atom is 0.434 e. The van der Waals surface area contributed by atoms with Gasteiger partial charge >= 0.3 is 6.18 Å². The molecule has 2 saturated heterocycles. The number of hydrogen-bond donors (Lipinski definition) is 1. The van der Waals surface area contributed by atoms with E-state index in [4.69, 9.17) is 20.2 Å². The molecule has 12 heteroatoms. The van der Waals surface area contributed by atoms with Crippen molar-refractivity contribution in [3.05, 3.63) is 18.0 Å². The molecule has 0 spiro atoms. The summed E-state index contributed by atoms with van der Waals surface area (Å²) in [5, 5.41) is 0. The van der Waals surface area contributed by atoms with E-state index in [1.54, 1.807) is 6.07 Å². The van der Waals surface area contributed by atoms with E-state index in [0.717, 1.165) is 6.20 Å². The molecule has 2 aromatic heterocycles. The number of rotatable bonds is 3. The molecule has 0 unspecified atom stereocenters. The van der Waals surface area contributed by atoms with E-state index in [1.807, 2.05) is 23.6 Å². The van der Waals surface area contributed by atoms with Crippen LogP contribution in [0.15, 0.2) is 12.3 Å². The summed E-state index contributed by atoms with van der Waals surface area (Å²) < 4.78 is 52.1. The highest BCUT2D eigenvalue weighted by atomic mass is 19.4. The number of halogens is 3. The number of ether oxygens (including phenoxy) is 2. The first-order chi connectivity index (χ1) is 14.7. The standard InChI is InChI=1S/C19H24F3N7O2/c1-11-9-30-5-3-28(11)15-7-14(13-8-24-17(23)27-16(13)19(20,21)22)25-18(26-15)29-4-6-31-10-12(29)2/h7-8,11-12H,3-6,9-10H2,1-2H3,(H2,23,24,27)/t11-,12-/m0/s1. The number of nitrogens with zero attached hydrogens (tertiary/aromatic N) is 6. The molecule has 9 nitrogen and oxygen atoms in total. The molecule has 0 saturated carbocycles. The summed E-state index contributed by atoms with van der Waals surface area (Å²) in [4.78, 5) is 20.4. The predicted octanol–water partition coefficient (Wildman–Crippen LogP) is 1.98. The molecule has 0 aromatic carbocycles. The minimum atomic E-state index is -4.71. The SMILES string of the molecule is C[C@H]1COCCN1c1cc(-c2cnc(N)nc2C(F)(F)F)nc(N2CCOC[C@@H]2C)n1. The lowest BCUT2D eigenvalue weighted by Gasteiger charge is -2.37. The third-order valence-corrected chi connectivity index (χ3v) is 5.34. The minimum Gasteiger partial charge on any atom is -0.377 e. The fourth-order valence-electron chi connectivity index (χ4n) is 3.73. The van der Waals surface area contributed by atoms with Gasteiger partial charge in [-0.2, -0.15) is 18.2 Å². The average molecular weight is 439 g/mol. The minimum absolute atomic E-state index is 0.0104. The summed E-state index contributed by atoms with van der Waals surface area (Å²) in [6.45, 7) is 7.02. The van der Waals surface area contributed by atoms with Gasteiger partial charge in [0.2, 0.25) is 11.9 Å². The van der Waals surface area contributed by atoms with Crippen molar-refractivity contribution in [3.8, 4) is 11.3 Å². The van der Waals surface area contributed by atoms with Crippen LogP contribution in [0.25, 0.3) is 11.3 Å². The molecule has 0 aliphatic carbocycles. The van der Waals surface area contributed by atoms with Crippen LogP contribution >= 0.6 is 0 Å². The number of anilines is 3. The first-order valence-corrected chi connectivity index (χ1v) is 10.0. The zero-order chi connectivity index (χ0) is 22.2. The largest absolute Gasteiger partial charge is 0.434 e. The Balaban J connectivity index is 1.86. The Hall–Kier alpha value is -2.73. The van der Waals surface area contributed by atoms with Gasteiger partial charge in [0.05, 0.1) is 44.2 Å². The van der Waals surface area contributed by atoms with E-state index in [1.165, 1.54) is 0 Å². The molecule has 4 heterocycles. The summed E-state index contributed by atoms with van der Waals surface area (Å²) in [7, 11) is 0. The Labute approximate surface area is 177 Å². The van der Waals surface area contributed by atoms with Crippen molar-refractivity contribution in [3.63, 3.8) is 0 Å². The lowest BCUT2D eigenvalue weighted by atomic mass is 10.1. The van der Waals surface area contributed by atoms with Gasteiger partial charge in [0.1, 0.15) is 5.82 Å². The van der Waals surface area contributed by atoms with Crippen LogP contribution in [0.5, 0.6) is 0 Å². The van der Waals surface area contributed by atoms with Crippen molar-refractivity contribution in [2.45, 2.75) is 32.1 Å². The van der Waals surface area contributed by atoms with E-state index in [9.17, 15) is 13.2 Å². The van der Waals surface area contributed by atoms with Crippen molar-refractivity contribution in [1.82, 2.24) is 19.9 Å². The Morgan fingerprint density at radius 2 is 1.65 bits per heavy atom. The number of nitrogens with two attached hydrogens (primary N) is 1. The molecule has 2 N–H and O–H groups in total.